The standard InChI is InChI=1S/C18H19F2NO3/c1-2-17(22)13-3-5-16(6-4-13)24-11-18(23)21-10-12-7-14(19)9-15(20)8-12/h3-9,17,22H,2,10-11H2,1H3,(H,21,23)/t17-/m1/s1. The Kier molecular flexibility index (Phi) is 6.26. The molecule has 0 heterocycles. The van der Waals surface area contributed by atoms with E-state index in [0.717, 1.165) is 23.8 Å². The number of nitrogens with one attached hydrogen (secondary N) is 1. The number of aliphatic hydroxyl groups is 1. The summed E-state index contributed by atoms with van der Waals surface area (Å²) in [6.45, 7) is 1.68. The second-order valence-electron chi connectivity index (χ2n) is 5.34. The lowest BCUT2D eigenvalue weighted by Gasteiger charge is -2.10. The monoisotopic (exact) mass is 335 g/mol. The number of carbonyl (C=O) groups excluding carboxylic acids is 1. The van der Waals surface area contributed by atoms with E-state index in [1.807, 2.05) is 6.92 Å². The molecule has 0 aliphatic carbocycles. The number of aliphatic hydroxyl groups excluding tert-OH is 1. The summed E-state index contributed by atoms with van der Waals surface area (Å²) in [7, 11) is 0. The van der Waals surface area contributed by atoms with E-state index < -0.39 is 23.6 Å². The highest BCUT2D eigenvalue weighted by molar-refractivity contribution is 5.77. The van der Waals surface area contributed by atoms with Gasteiger partial charge < -0.3 is 15.2 Å². The summed E-state index contributed by atoms with van der Waals surface area (Å²) in [5.74, 6) is -1.29. The minimum Gasteiger partial charge on any atom is -0.484 e. The summed E-state index contributed by atoms with van der Waals surface area (Å²) in [6, 6.07) is 9.89. The lowest BCUT2D eigenvalue weighted by atomic mass is 10.1. The van der Waals surface area contributed by atoms with Crippen LogP contribution in [0.5, 0.6) is 5.75 Å². The zero-order valence-electron chi connectivity index (χ0n) is 13.3. The molecule has 0 aliphatic rings. The molecule has 4 nitrogen and oxygen atoms in total. The molecule has 0 aromatic heterocycles. The quantitative estimate of drug-likeness (QED) is 0.817. The number of amides is 1. The molecule has 2 aromatic rings. The van der Waals surface area contributed by atoms with E-state index in [9.17, 15) is 18.7 Å². The van der Waals surface area contributed by atoms with E-state index >= 15 is 0 Å². The van der Waals surface area contributed by atoms with Gasteiger partial charge in [-0.25, -0.2) is 8.78 Å². The highest BCUT2D eigenvalue weighted by Gasteiger charge is 2.07. The molecule has 2 aromatic carbocycles. The molecular weight excluding hydrogens is 316 g/mol. The molecule has 128 valence electrons. The Morgan fingerprint density at radius 3 is 2.38 bits per heavy atom. The zero-order valence-corrected chi connectivity index (χ0v) is 13.3. The normalized spacial score (nSPS) is 11.8. The molecule has 0 fully saturated rings. The Morgan fingerprint density at radius 1 is 1.17 bits per heavy atom. The summed E-state index contributed by atoms with van der Waals surface area (Å²) >= 11 is 0. The van der Waals surface area contributed by atoms with E-state index in [4.69, 9.17) is 4.74 Å². The first-order valence-corrected chi connectivity index (χ1v) is 7.60. The molecular formula is C18H19F2NO3. The van der Waals surface area contributed by atoms with Crippen LogP contribution in [-0.4, -0.2) is 17.6 Å². The molecule has 2 N–H and O–H groups in total. The minimum atomic E-state index is -0.690. The Bertz CT molecular complexity index is 669. The largest absolute Gasteiger partial charge is 0.484 e. The molecule has 0 saturated carbocycles. The SMILES string of the molecule is CC[C@@H](O)c1ccc(OCC(=O)NCc2cc(F)cc(F)c2)cc1. The van der Waals surface area contributed by atoms with Crippen molar-refractivity contribution in [3.05, 3.63) is 65.2 Å². The number of carbonyl (C=O) groups is 1. The summed E-state index contributed by atoms with van der Waals surface area (Å²) < 4.78 is 31.4. The maximum atomic E-state index is 13.0. The fourth-order valence-electron chi connectivity index (χ4n) is 2.14. The van der Waals surface area contributed by atoms with Gasteiger partial charge in [0.15, 0.2) is 6.61 Å². The van der Waals surface area contributed by atoms with Crippen LogP contribution in [0, 0.1) is 11.6 Å². The van der Waals surface area contributed by atoms with E-state index in [-0.39, 0.29) is 13.2 Å². The molecule has 24 heavy (non-hydrogen) atoms. The lowest BCUT2D eigenvalue weighted by molar-refractivity contribution is -0.123. The van der Waals surface area contributed by atoms with Gasteiger partial charge in [0.1, 0.15) is 17.4 Å². The van der Waals surface area contributed by atoms with Gasteiger partial charge >= 0.3 is 0 Å². The van der Waals surface area contributed by atoms with Crippen molar-refractivity contribution in [1.82, 2.24) is 5.32 Å². The molecule has 1 atom stereocenters. The van der Waals surface area contributed by atoms with Crippen LogP contribution in [0.1, 0.15) is 30.6 Å². The van der Waals surface area contributed by atoms with E-state index in [2.05, 4.69) is 5.32 Å². The Hall–Kier alpha value is -2.47. The van der Waals surface area contributed by atoms with Crippen molar-refractivity contribution in [2.45, 2.75) is 26.0 Å². The second-order valence-corrected chi connectivity index (χ2v) is 5.34. The van der Waals surface area contributed by atoms with Crippen LogP contribution in [0.15, 0.2) is 42.5 Å². The van der Waals surface area contributed by atoms with Crippen LogP contribution < -0.4 is 10.1 Å². The summed E-state index contributed by atoms with van der Waals surface area (Å²) in [5, 5.41) is 12.2. The van der Waals surface area contributed by atoms with Crippen molar-refractivity contribution >= 4 is 5.91 Å². The molecule has 0 aliphatic heterocycles. The van der Waals surface area contributed by atoms with Crippen LogP contribution in [0.3, 0.4) is 0 Å². The summed E-state index contributed by atoms with van der Waals surface area (Å²) in [6.07, 6.45) is 0.0949. The Labute approximate surface area is 139 Å². The fraction of sp³-hybridized carbons (Fsp3) is 0.278. The molecule has 0 saturated heterocycles. The number of ether oxygens (including phenoxy) is 1. The van der Waals surface area contributed by atoms with Crippen LogP contribution in [0.2, 0.25) is 0 Å². The third-order valence-electron chi connectivity index (χ3n) is 3.43. The summed E-state index contributed by atoms with van der Waals surface area (Å²) in [4.78, 5) is 11.7. The number of halogens is 2. The smallest absolute Gasteiger partial charge is 0.258 e. The van der Waals surface area contributed by atoms with Crippen molar-refractivity contribution in [2.24, 2.45) is 0 Å². The summed E-state index contributed by atoms with van der Waals surface area (Å²) in [5.41, 5.74) is 1.11. The zero-order chi connectivity index (χ0) is 17.5. The average molecular weight is 335 g/mol. The molecule has 6 heteroatoms. The van der Waals surface area contributed by atoms with Crippen LogP contribution >= 0.6 is 0 Å². The van der Waals surface area contributed by atoms with Gasteiger partial charge in [0.25, 0.3) is 5.91 Å². The maximum Gasteiger partial charge on any atom is 0.258 e. The van der Waals surface area contributed by atoms with Crippen LogP contribution in [-0.2, 0) is 11.3 Å². The lowest BCUT2D eigenvalue weighted by Crippen LogP contribution is -2.28. The predicted molar refractivity (Wildman–Crippen MR) is 85.4 cm³/mol. The Morgan fingerprint density at radius 2 is 1.79 bits per heavy atom. The number of hydrogen-bond acceptors (Lipinski definition) is 3. The third-order valence-corrected chi connectivity index (χ3v) is 3.43. The Balaban J connectivity index is 1.80. The second kappa shape index (κ2) is 8.40. The molecule has 1 amide bonds. The number of rotatable bonds is 7. The van der Waals surface area contributed by atoms with Gasteiger partial charge in [0.2, 0.25) is 0 Å². The van der Waals surface area contributed by atoms with Crippen LogP contribution in [0.25, 0.3) is 0 Å². The van der Waals surface area contributed by atoms with Gasteiger partial charge in [0, 0.05) is 12.6 Å². The highest BCUT2D eigenvalue weighted by Crippen LogP contribution is 2.19. The first-order chi connectivity index (χ1) is 11.5. The topological polar surface area (TPSA) is 58.6 Å². The van der Waals surface area contributed by atoms with E-state index in [1.165, 1.54) is 0 Å². The van der Waals surface area contributed by atoms with Crippen molar-refractivity contribution in [1.29, 1.82) is 0 Å². The van der Waals surface area contributed by atoms with Gasteiger partial charge in [-0.2, -0.15) is 0 Å². The first kappa shape index (κ1) is 17.9. The maximum absolute atomic E-state index is 13.0. The molecule has 0 bridgehead atoms. The first-order valence-electron chi connectivity index (χ1n) is 7.60. The predicted octanol–water partition coefficient (Wildman–Crippen LogP) is 3.10. The van der Waals surface area contributed by atoms with E-state index in [0.29, 0.717) is 17.7 Å². The van der Waals surface area contributed by atoms with E-state index in [1.54, 1.807) is 24.3 Å². The minimum absolute atomic E-state index is 0.0124. The molecule has 0 spiro atoms. The highest BCUT2D eigenvalue weighted by atomic mass is 19.1. The van der Waals surface area contributed by atoms with Crippen LogP contribution in [0.4, 0.5) is 8.78 Å². The molecule has 2 rings (SSSR count). The van der Waals surface area contributed by atoms with Gasteiger partial charge in [-0.15, -0.1) is 0 Å². The van der Waals surface area contributed by atoms with Gasteiger partial charge in [-0.3, -0.25) is 4.79 Å². The van der Waals surface area contributed by atoms with Crippen molar-refractivity contribution < 1.29 is 23.4 Å². The third kappa shape index (κ3) is 5.31. The van der Waals surface area contributed by atoms with Crippen molar-refractivity contribution in [3.8, 4) is 5.75 Å². The average Bonchev–Trinajstić information content (AvgIpc) is 2.57. The number of benzene rings is 2. The number of hydrogen-bond donors (Lipinski definition) is 2. The van der Waals surface area contributed by atoms with Gasteiger partial charge in [-0.05, 0) is 41.8 Å². The van der Waals surface area contributed by atoms with Crippen molar-refractivity contribution in [2.75, 3.05) is 6.61 Å². The van der Waals surface area contributed by atoms with Gasteiger partial charge in [0.05, 0.1) is 6.10 Å². The molecule has 0 radical (unpaired) electrons. The molecule has 0 unspecified atom stereocenters. The fourth-order valence-corrected chi connectivity index (χ4v) is 2.14. The van der Waals surface area contributed by atoms with Crippen molar-refractivity contribution in [3.63, 3.8) is 0 Å². The van der Waals surface area contributed by atoms with Gasteiger partial charge in [-0.1, -0.05) is 19.1 Å².